The molecule has 0 saturated heterocycles. The lowest BCUT2D eigenvalue weighted by molar-refractivity contribution is -0.137. The van der Waals surface area contributed by atoms with E-state index in [1.165, 1.54) is 0 Å². The van der Waals surface area contributed by atoms with Crippen LogP contribution in [0.5, 0.6) is 0 Å². The van der Waals surface area contributed by atoms with Gasteiger partial charge in [-0.3, -0.25) is 9.79 Å². The van der Waals surface area contributed by atoms with Crippen LogP contribution in [0, 0.1) is 0 Å². The number of aliphatic carboxylic acids is 1. The highest BCUT2D eigenvalue weighted by molar-refractivity contribution is 5.80. The molecule has 0 spiro atoms. The molecular weight excluding hydrogens is 206 g/mol. The highest BCUT2D eigenvalue weighted by Crippen LogP contribution is 1.94. The summed E-state index contributed by atoms with van der Waals surface area (Å²) in [6.07, 6.45) is 2.92. The number of carboxylic acids is 1. The molecule has 1 heterocycles. The largest absolute Gasteiger partial charge is 0.481 e. The Balaban J connectivity index is 0.00000106. The molecule has 0 amide bonds. The summed E-state index contributed by atoms with van der Waals surface area (Å²) in [4.78, 5) is 14.4. The summed E-state index contributed by atoms with van der Waals surface area (Å²) in [5, 5.41) is 14.7. The van der Waals surface area contributed by atoms with Crippen LogP contribution in [-0.4, -0.2) is 36.7 Å². The number of hydrogen-bond donors (Lipinski definition) is 3. The van der Waals surface area contributed by atoms with Gasteiger partial charge in [0.15, 0.2) is 5.96 Å². The van der Waals surface area contributed by atoms with Gasteiger partial charge in [0.05, 0.1) is 0 Å². The molecular formula is C11H23N3O2. The van der Waals surface area contributed by atoms with E-state index in [2.05, 4.69) is 15.6 Å². The highest BCUT2D eigenvalue weighted by Gasteiger charge is 2.02. The molecule has 1 aliphatic heterocycles. The van der Waals surface area contributed by atoms with Gasteiger partial charge in [-0.05, 0) is 19.3 Å². The molecule has 16 heavy (non-hydrogen) atoms. The zero-order valence-electron chi connectivity index (χ0n) is 10.3. The molecule has 0 aromatic carbocycles. The molecule has 0 atom stereocenters. The van der Waals surface area contributed by atoms with Crippen molar-refractivity contribution < 1.29 is 9.90 Å². The number of unbranched alkanes of at least 4 members (excludes halogenated alkanes) is 1. The smallest absolute Gasteiger partial charge is 0.303 e. The average molecular weight is 229 g/mol. The summed E-state index contributed by atoms with van der Waals surface area (Å²) >= 11 is 0. The van der Waals surface area contributed by atoms with E-state index < -0.39 is 5.97 Å². The molecule has 0 bridgehead atoms. The van der Waals surface area contributed by atoms with Gasteiger partial charge in [0, 0.05) is 26.1 Å². The standard InChI is InChI=1S/C9H17N3O2.C2H6/c13-8(14)4-1-2-5-10-9-11-6-3-7-12-9;1-2/h1-7H2,(H,13,14)(H2,10,11,12);1-2H3. The molecule has 3 N–H and O–H groups in total. The molecule has 0 saturated carbocycles. The fraction of sp³-hybridized carbons (Fsp3) is 0.818. The molecule has 5 heteroatoms. The maximum atomic E-state index is 10.2. The van der Waals surface area contributed by atoms with Crippen molar-refractivity contribution in [1.29, 1.82) is 0 Å². The Bertz CT molecular complexity index is 217. The number of rotatable bonds is 5. The van der Waals surface area contributed by atoms with Crippen LogP contribution >= 0.6 is 0 Å². The van der Waals surface area contributed by atoms with Crippen molar-refractivity contribution in [2.75, 3.05) is 19.6 Å². The van der Waals surface area contributed by atoms with Crippen molar-refractivity contribution in [2.24, 2.45) is 4.99 Å². The van der Waals surface area contributed by atoms with Gasteiger partial charge in [-0.1, -0.05) is 13.8 Å². The molecule has 1 aliphatic rings. The van der Waals surface area contributed by atoms with Crippen molar-refractivity contribution in [3.8, 4) is 0 Å². The molecule has 94 valence electrons. The van der Waals surface area contributed by atoms with Gasteiger partial charge in [0.2, 0.25) is 0 Å². The van der Waals surface area contributed by atoms with Gasteiger partial charge in [-0.2, -0.15) is 0 Å². The van der Waals surface area contributed by atoms with Crippen molar-refractivity contribution in [3.63, 3.8) is 0 Å². The maximum absolute atomic E-state index is 10.2. The van der Waals surface area contributed by atoms with E-state index in [0.717, 1.165) is 44.9 Å². The first-order valence-electron chi connectivity index (χ1n) is 6.03. The molecule has 5 nitrogen and oxygen atoms in total. The van der Waals surface area contributed by atoms with Crippen LogP contribution in [0.4, 0.5) is 0 Å². The molecule has 0 aromatic heterocycles. The predicted molar refractivity (Wildman–Crippen MR) is 65.8 cm³/mol. The first kappa shape index (κ1) is 14.7. The van der Waals surface area contributed by atoms with Gasteiger partial charge in [0.1, 0.15) is 0 Å². The number of carboxylic acid groups (broad SMARTS) is 1. The third kappa shape index (κ3) is 8.08. The van der Waals surface area contributed by atoms with Gasteiger partial charge < -0.3 is 15.7 Å². The molecule has 1 rings (SSSR count). The number of nitrogens with one attached hydrogen (secondary N) is 2. The van der Waals surface area contributed by atoms with E-state index in [1.54, 1.807) is 0 Å². The zero-order chi connectivity index (χ0) is 12.2. The van der Waals surface area contributed by atoms with E-state index in [0.29, 0.717) is 0 Å². The fourth-order valence-corrected chi connectivity index (χ4v) is 1.26. The Hall–Kier alpha value is -1.26. The van der Waals surface area contributed by atoms with Gasteiger partial charge >= 0.3 is 5.97 Å². The number of hydrogen-bond acceptors (Lipinski definition) is 4. The minimum absolute atomic E-state index is 0.252. The lowest BCUT2D eigenvalue weighted by atomic mass is 10.2. The second kappa shape index (κ2) is 10.3. The normalized spacial score (nSPS) is 14.0. The summed E-state index contributed by atoms with van der Waals surface area (Å²) < 4.78 is 0. The second-order valence-electron chi connectivity index (χ2n) is 3.29. The van der Waals surface area contributed by atoms with Gasteiger partial charge in [-0.25, -0.2) is 0 Å². The second-order valence-corrected chi connectivity index (χ2v) is 3.29. The lowest BCUT2D eigenvalue weighted by Crippen LogP contribution is -2.41. The highest BCUT2D eigenvalue weighted by atomic mass is 16.4. The minimum atomic E-state index is -0.724. The fourth-order valence-electron chi connectivity index (χ4n) is 1.26. The SMILES string of the molecule is CC.O=C(O)CCCCNC1=NCCCN1. The van der Waals surface area contributed by atoms with E-state index in [1.807, 2.05) is 13.8 Å². The summed E-state index contributed by atoms with van der Waals surface area (Å²) in [6, 6.07) is 0. The monoisotopic (exact) mass is 229 g/mol. The van der Waals surface area contributed by atoms with Crippen LogP contribution < -0.4 is 10.6 Å². The van der Waals surface area contributed by atoms with Crippen LogP contribution in [0.15, 0.2) is 4.99 Å². The summed E-state index contributed by atoms with van der Waals surface area (Å²) in [5.41, 5.74) is 0. The third-order valence-electron chi connectivity index (χ3n) is 2.01. The predicted octanol–water partition coefficient (Wildman–Crippen LogP) is 1.21. The first-order chi connectivity index (χ1) is 7.79. The number of nitrogens with zero attached hydrogens (tertiary/aromatic N) is 1. The Morgan fingerprint density at radius 2 is 2.25 bits per heavy atom. The van der Waals surface area contributed by atoms with Crippen LogP contribution in [0.25, 0.3) is 0 Å². The van der Waals surface area contributed by atoms with E-state index in [4.69, 9.17) is 5.11 Å². The topological polar surface area (TPSA) is 73.7 Å². The van der Waals surface area contributed by atoms with Crippen LogP contribution in [0.2, 0.25) is 0 Å². The Morgan fingerprint density at radius 3 is 2.81 bits per heavy atom. The first-order valence-corrected chi connectivity index (χ1v) is 6.03. The van der Waals surface area contributed by atoms with E-state index in [-0.39, 0.29) is 6.42 Å². The average Bonchev–Trinajstić information content (AvgIpc) is 2.32. The van der Waals surface area contributed by atoms with Crippen molar-refractivity contribution in [1.82, 2.24) is 10.6 Å². The molecule has 0 radical (unpaired) electrons. The quantitative estimate of drug-likeness (QED) is 0.619. The minimum Gasteiger partial charge on any atom is -0.481 e. The maximum Gasteiger partial charge on any atom is 0.303 e. The number of carbonyl (C=O) groups is 1. The van der Waals surface area contributed by atoms with Crippen molar-refractivity contribution >= 4 is 11.9 Å². The van der Waals surface area contributed by atoms with Gasteiger partial charge in [-0.15, -0.1) is 0 Å². The molecule has 0 aliphatic carbocycles. The third-order valence-corrected chi connectivity index (χ3v) is 2.01. The van der Waals surface area contributed by atoms with E-state index >= 15 is 0 Å². The molecule has 0 unspecified atom stereocenters. The van der Waals surface area contributed by atoms with Gasteiger partial charge in [0.25, 0.3) is 0 Å². The summed E-state index contributed by atoms with van der Waals surface area (Å²) in [5.74, 6) is 0.129. The molecule has 0 aromatic rings. The van der Waals surface area contributed by atoms with Crippen LogP contribution in [0.1, 0.15) is 39.5 Å². The summed E-state index contributed by atoms with van der Waals surface area (Å²) in [7, 11) is 0. The van der Waals surface area contributed by atoms with Crippen molar-refractivity contribution in [2.45, 2.75) is 39.5 Å². The Labute approximate surface area is 97.3 Å². The number of aliphatic imine (C=N–C) groups is 1. The Kier molecular flexibility index (Phi) is 9.46. The zero-order valence-corrected chi connectivity index (χ0v) is 10.3. The molecule has 0 fully saturated rings. The van der Waals surface area contributed by atoms with Crippen LogP contribution in [0.3, 0.4) is 0 Å². The lowest BCUT2D eigenvalue weighted by Gasteiger charge is -2.15. The van der Waals surface area contributed by atoms with Crippen LogP contribution in [-0.2, 0) is 4.79 Å². The summed E-state index contributed by atoms with van der Waals surface area (Å²) in [6.45, 7) is 6.64. The Morgan fingerprint density at radius 1 is 1.50 bits per heavy atom. The number of guanidine groups is 1. The van der Waals surface area contributed by atoms with Crippen molar-refractivity contribution in [3.05, 3.63) is 0 Å². The van der Waals surface area contributed by atoms with E-state index in [9.17, 15) is 4.79 Å².